The lowest BCUT2D eigenvalue weighted by Gasteiger charge is -2.38. The normalized spacial score (nSPS) is 36.3. The Morgan fingerprint density at radius 2 is 2.13 bits per heavy atom. The second-order valence-electron chi connectivity index (χ2n) is 5.92. The van der Waals surface area contributed by atoms with E-state index in [0.717, 1.165) is 8.87 Å². The molecule has 128 valence electrons. The molecule has 1 aromatic heterocycles. The van der Waals surface area contributed by atoms with Gasteiger partial charge in [0.15, 0.2) is 6.23 Å². The molecule has 1 unspecified atom stereocenters. The van der Waals surface area contributed by atoms with Crippen LogP contribution in [-0.4, -0.2) is 69.6 Å². The summed E-state index contributed by atoms with van der Waals surface area (Å²) < 4.78 is 32.0. The molecule has 2 saturated heterocycles. The van der Waals surface area contributed by atoms with E-state index in [0.29, 0.717) is 0 Å². The number of fused-ring (bicyclic) bond motifs is 2. The highest BCUT2D eigenvalue weighted by Crippen LogP contribution is 2.44. The van der Waals surface area contributed by atoms with Gasteiger partial charge < -0.3 is 14.9 Å². The molecule has 23 heavy (non-hydrogen) atoms. The van der Waals surface area contributed by atoms with Gasteiger partial charge >= 0.3 is 5.69 Å². The van der Waals surface area contributed by atoms with Gasteiger partial charge in [-0.2, -0.15) is 4.31 Å². The Bertz CT molecular complexity index is 860. The molecule has 2 bridgehead atoms. The Morgan fingerprint density at radius 1 is 1.48 bits per heavy atom. The number of nitrogens with zero attached hydrogens (tertiary/aromatic N) is 2. The Kier molecular flexibility index (Phi) is 3.54. The molecule has 2 aliphatic heterocycles. The fourth-order valence-electron chi connectivity index (χ4n) is 3.11. The summed E-state index contributed by atoms with van der Waals surface area (Å²) in [6.07, 6.45) is -1.24. The lowest BCUT2D eigenvalue weighted by atomic mass is 9.96. The van der Waals surface area contributed by atoms with Gasteiger partial charge in [-0.3, -0.25) is 14.3 Å². The van der Waals surface area contributed by atoms with E-state index in [2.05, 4.69) is 4.98 Å². The summed E-state index contributed by atoms with van der Waals surface area (Å²) >= 11 is 0. The van der Waals surface area contributed by atoms with Crippen LogP contribution in [0.3, 0.4) is 0 Å². The number of likely N-dealkylation sites (N-methyl/N-ethyl adjacent to an activating group) is 1. The van der Waals surface area contributed by atoms with Crippen LogP contribution in [-0.2, 0) is 14.8 Å². The SMILES string of the molecule is Cc1cn([C@@H]2O[C@]3(CO)CS(=O)(=O)N(C)[C@H]2C3O)c(=O)[nH]c1=O. The fraction of sp³-hybridized carbons (Fsp3) is 0.667. The van der Waals surface area contributed by atoms with Crippen molar-refractivity contribution in [2.24, 2.45) is 0 Å². The van der Waals surface area contributed by atoms with Crippen molar-refractivity contribution in [3.05, 3.63) is 32.6 Å². The maximum Gasteiger partial charge on any atom is 0.330 e. The third kappa shape index (κ3) is 2.19. The summed E-state index contributed by atoms with van der Waals surface area (Å²) in [7, 11) is -2.50. The van der Waals surface area contributed by atoms with Crippen LogP contribution in [0.15, 0.2) is 15.8 Å². The van der Waals surface area contributed by atoms with Crippen molar-refractivity contribution in [2.75, 3.05) is 19.4 Å². The first-order valence-corrected chi connectivity index (χ1v) is 8.48. The van der Waals surface area contributed by atoms with Crippen molar-refractivity contribution in [1.29, 1.82) is 0 Å². The standard InChI is InChI=1S/C12H17N3O7S/c1-6-3-15(11(19)13-9(6)18)10-7-8(17)12(4-16,22-10)5-23(20,21)14(7)2/h3,7-8,10,16-17H,4-5H2,1-2H3,(H,13,18,19)/t7-,8?,10+,12+/m0/s1. The van der Waals surface area contributed by atoms with Gasteiger partial charge in [0.2, 0.25) is 10.0 Å². The zero-order valence-electron chi connectivity index (χ0n) is 12.5. The topological polar surface area (TPSA) is 142 Å². The van der Waals surface area contributed by atoms with Crippen LogP contribution in [0, 0.1) is 6.92 Å². The number of H-pyrrole nitrogens is 1. The number of hydrogen-bond acceptors (Lipinski definition) is 7. The van der Waals surface area contributed by atoms with Crippen LogP contribution in [0.5, 0.6) is 0 Å². The lowest BCUT2D eigenvalue weighted by molar-refractivity contribution is -0.114. The van der Waals surface area contributed by atoms with Gasteiger partial charge in [-0.05, 0) is 6.92 Å². The number of hydrogen-bond donors (Lipinski definition) is 3. The molecule has 2 aliphatic rings. The average Bonchev–Trinajstić information content (AvgIpc) is 2.69. The minimum absolute atomic E-state index is 0.229. The van der Waals surface area contributed by atoms with E-state index >= 15 is 0 Å². The Labute approximate surface area is 131 Å². The molecule has 3 heterocycles. The van der Waals surface area contributed by atoms with E-state index in [1.165, 1.54) is 20.2 Å². The largest absolute Gasteiger partial charge is 0.393 e. The molecule has 4 atom stereocenters. The second-order valence-corrected chi connectivity index (χ2v) is 7.95. The predicted octanol–water partition coefficient (Wildman–Crippen LogP) is -2.89. The Balaban J connectivity index is 2.18. The molecule has 0 aliphatic carbocycles. The molecule has 3 N–H and O–H groups in total. The number of aliphatic hydroxyl groups is 2. The van der Waals surface area contributed by atoms with Gasteiger partial charge in [0, 0.05) is 18.8 Å². The highest BCUT2D eigenvalue weighted by Gasteiger charge is 2.64. The van der Waals surface area contributed by atoms with Crippen molar-refractivity contribution in [3.8, 4) is 0 Å². The van der Waals surface area contributed by atoms with E-state index in [9.17, 15) is 28.2 Å². The molecule has 0 spiro atoms. The molecule has 10 nitrogen and oxygen atoms in total. The maximum absolute atomic E-state index is 12.2. The molecule has 0 aromatic carbocycles. The molecule has 0 saturated carbocycles. The summed E-state index contributed by atoms with van der Waals surface area (Å²) in [4.78, 5) is 25.6. The summed E-state index contributed by atoms with van der Waals surface area (Å²) in [5, 5.41) is 20.0. The summed E-state index contributed by atoms with van der Waals surface area (Å²) in [5.74, 6) is -0.599. The summed E-state index contributed by atoms with van der Waals surface area (Å²) in [6.45, 7) is 0.764. The van der Waals surface area contributed by atoms with E-state index in [1.807, 2.05) is 0 Å². The van der Waals surface area contributed by atoms with Crippen LogP contribution in [0.4, 0.5) is 0 Å². The zero-order chi connectivity index (χ0) is 17.2. The Hall–Kier alpha value is -1.53. The molecule has 2 fully saturated rings. The van der Waals surface area contributed by atoms with Crippen molar-refractivity contribution >= 4 is 10.0 Å². The third-order valence-corrected chi connectivity index (χ3v) is 6.46. The van der Waals surface area contributed by atoms with Crippen LogP contribution in [0.2, 0.25) is 0 Å². The maximum atomic E-state index is 12.2. The van der Waals surface area contributed by atoms with Crippen LogP contribution >= 0.6 is 0 Å². The molecule has 3 rings (SSSR count). The minimum Gasteiger partial charge on any atom is -0.393 e. The molecule has 0 amide bonds. The number of aryl methyl sites for hydroxylation is 1. The number of aromatic nitrogens is 2. The number of rotatable bonds is 2. The van der Waals surface area contributed by atoms with Crippen molar-refractivity contribution < 1.29 is 23.4 Å². The smallest absolute Gasteiger partial charge is 0.330 e. The first-order chi connectivity index (χ1) is 10.6. The zero-order valence-corrected chi connectivity index (χ0v) is 13.3. The number of aliphatic hydroxyl groups excluding tert-OH is 2. The summed E-state index contributed by atoms with van der Waals surface area (Å²) in [5.41, 5.74) is -2.83. The van der Waals surface area contributed by atoms with E-state index in [-0.39, 0.29) is 5.56 Å². The van der Waals surface area contributed by atoms with Crippen LogP contribution in [0.25, 0.3) is 0 Å². The minimum atomic E-state index is -3.77. The lowest BCUT2D eigenvalue weighted by Crippen LogP contribution is -2.62. The number of aromatic amines is 1. The Morgan fingerprint density at radius 3 is 2.74 bits per heavy atom. The quantitative estimate of drug-likeness (QED) is 0.521. The van der Waals surface area contributed by atoms with Crippen molar-refractivity contribution in [2.45, 2.75) is 30.9 Å². The molecule has 1 aromatic rings. The van der Waals surface area contributed by atoms with Gasteiger partial charge in [-0.25, -0.2) is 13.2 Å². The molecule has 0 radical (unpaired) electrons. The van der Waals surface area contributed by atoms with Crippen LogP contribution < -0.4 is 11.2 Å². The van der Waals surface area contributed by atoms with Gasteiger partial charge in [0.25, 0.3) is 5.56 Å². The number of sulfonamides is 1. The first-order valence-electron chi connectivity index (χ1n) is 6.87. The van der Waals surface area contributed by atoms with E-state index < -0.39 is 57.6 Å². The van der Waals surface area contributed by atoms with Crippen molar-refractivity contribution in [1.82, 2.24) is 13.9 Å². The fourth-order valence-corrected chi connectivity index (χ4v) is 4.86. The van der Waals surface area contributed by atoms with Gasteiger partial charge in [0.1, 0.15) is 11.7 Å². The first kappa shape index (κ1) is 16.3. The van der Waals surface area contributed by atoms with Gasteiger partial charge in [-0.1, -0.05) is 0 Å². The third-order valence-electron chi connectivity index (χ3n) is 4.48. The molecule has 11 heteroatoms. The van der Waals surface area contributed by atoms with Gasteiger partial charge in [-0.15, -0.1) is 0 Å². The number of ether oxygens (including phenoxy) is 1. The van der Waals surface area contributed by atoms with Gasteiger partial charge in [0.05, 0.1) is 18.4 Å². The predicted molar refractivity (Wildman–Crippen MR) is 77.3 cm³/mol. The second kappa shape index (κ2) is 4.98. The molecular formula is C12H17N3O7S. The average molecular weight is 347 g/mol. The summed E-state index contributed by atoms with van der Waals surface area (Å²) in [6, 6.07) is -1.09. The van der Waals surface area contributed by atoms with E-state index in [1.54, 1.807) is 0 Å². The van der Waals surface area contributed by atoms with Crippen molar-refractivity contribution in [3.63, 3.8) is 0 Å². The van der Waals surface area contributed by atoms with E-state index in [4.69, 9.17) is 4.74 Å². The van der Waals surface area contributed by atoms with Crippen LogP contribution in [0.1, 0.15) is 11.8 Å². The highest BCUT2D eigenvalue weighted by atomic mass is 32.2. The monoisotopic (exact) mass is 347 g/mol. The molecular weight excluding hydrogens is 330 g/mol. The highest BCUT2D eigenvalue weighted by molar-refractivity contribution is 7.89. The number of nitrogens with one attached hydrogen (secondary N) is 1.